The Labute approximate surface area is 122 Å². The van der Waals surface area contributed by atoms with Crippen molar-refractivity contribution in [1.82, 2.24) is 5.32 Å². The van der Waals surface area contributed by atoms with Crippen LogP contribution in [0.25, 0.3) is 20.2 Å². The first-order valence-electron chi connectivity index (χ1n) is 6.73. The Morgan fingerprint density at radius 3 is 2.90 bits per heavy atom. The number of hydrogen-bond donors (Lipinski definition) is 3. The van der Waals surface area contributed by atoms with Crippen LogP contribution in [0.5, 0.6) is 0 Å². The van der Waals surface area contributed by atoms with E-state index in [2.05, 4.69) is 42.6 Å². The van der Waals surface area contributed by atoms with Crippen molar-refractivity contribution >= 4 is 37.2 Å². The highest BCUT2D eigenvalue weighted by Crippen LogP contribution is 2.40. The molecule has 3 aromatic rings. The SMILES string of the molecule is Cc1cc(CNCCO)c2sc3ccccc3c2c1N. The second-order valence-electron chi connectivity index (χ2n) is 4.97. The van der Waals surface area contributed by atoms with Crippen LogP contribution in [-0.2, 0) is 6.54 Å². The van der Waals surface area contributed by atoms with Gasteiger partial charge >= 0.3 is 0 Å². The van der Waals surface area contributed by atoms with Gasteiger partial charge in [-0.3, -0.25) is 0 Å². The van der Waals surface area contributed by atoms with Crippen LogP contribution in [0.4, 0.5) is 5.69 Å². The largest absolute Gasteiger partial charge is 0.398 e. The van der Waals surface area contributed by atoms with Crippen LogP contribution in [0, 0.1) is 6.92 Å². The number of benzene rings is 2. The highest BCUT2D eigenvalue weighted by Gasteiger charge is 2.13. The molecule has 0 bridgehead atoms. The zero-order valence-corrected chi connectivity index (χ0v) is 12.3. The highest BCUT2D eigenvalue weighted by atomic mass is 32.1. The van der Waals surface area contributed by atoms with Crippen molar-refractivity contribution in [3.63, 3.8) is 0 Å². The Morgan fingerprint density at radius 2 is 2.10 bits per heavy atom. The predicted molar refractivity (Wildman–Crippen MR) is 87.3 cm³/mol. The molecule has 2 aromatic carbocycles. The summed E-state index contributed by atoms with van der Waals surface area (Å²) in [5.41, 5.74) is 9.54. The molecule has 0 aliphatic carbocycles. The number of nitrogens with two attached hydrogens (primary N) is 1. The molecule has 0 saturated carbocycles. The molecule has 20 heavy (non-hydrogen) atoms. The Balaban J connectivity index is 2.23. The van der Waals surface area contributed by atoms with Crippen molar-refractivity contribution in [2.75, 3.05) is 18.9 Å². The topological polar surface area (TPSA) is 58.3 Å². The van der Waals surface area contributed by atoms with E-state index < -0.39 is 0 Å². The summed E-state index contributed by atoms with van der Waals surface area (Å²) in [6.07, 6.45) is 0. The molecule has 0 unspecified atom stereocenters. The molecule has 3 rings (SSSR count). The molecule has 0 radical (unpaired) electrons. The third kappa shape index (κ3) is 2.16. The van der Waals surface area contributed by atoms with E-state index in [1.54, 1.807) is 11.3 Å². The first kappa shape index (κ1) is 13.4. The molecule has 0 amide bonds. The van der Waals surface area contributed by atoms with Crippen LogP contribution in [0.2, 0.25) is 0 Å². The number of anilines is 1. The highest BCUT2D eigenvalue weighted by molar-refractivity contribution is 7.26. The van der Waals surface area contributed by atoms with Gasteiger partial charge in [-0.05, 0) is 24.1 Å². The molecule has 0 aliphatic heterocycles. The van der Waals surface area contributed by atoms with Gasteiger partial charge in [0.05, 0.1) is 6.61 Å². The summed E-state index contributed by atoms with van der Waals surface area (Å²) in [4.78, 5) is 0. The summed E-state index contributed by atoms with van der Waals surface area (Å²) in [6.45, 7) is 3.57. The monoisotopic (exact) mass is 286 g/mol. The number of nitrogens with one attached hydrogen (secondary N) is 1. The van der Waals surface area contributed by atoms with Crippen molar-refractivity contribution in [3.8, 4) is 0 Å². The maximum absolute atomic E-state index is 8.89. The molecule has 0 spiro atoms. The minimum atomic E-state index is 0.156. The normalized spacial score (nSPS) is 11.5. The van der Waals surface area contributed by atoms with Crippen molar-refractivity contribution in [2.24, 2.45) is 0 Å². The van der Waals surface area contributed by atoms with Gasteiger partial charge in [-0.15, -0.1) is 11.3 Å². The van der Waals surface area contributed by atoms with Crippen molar-refractivity contribution in [2.45, 2.75) is 13.5 Å². The van der Waals surface area contributed by atoms with E-state index in [-0.39, 0.29) is 6.61 Å². The van der Waals surface area contributed by atoms with E-state index in [0.717, 1.165) is 17.8 Å². The number of rotatable bonds is 4. The lowest BCUT2D eigenvalue weighted by Gasteiger charge is -2.09. The van der Waals surface area contributed by atoms with Gasteiger partial charge in [0.25, 0.3) is 0 Å². The van der Waals surface area contributed by atoms with E-state index in [1.165, 1.54) is 25.7 Å². The average Bonchev–Trinajstić information content (AvgIpc) is 2.84. The standard InChI is InChI=1S/C16H18N2OS/c1-10-8-11(9-18-6-7-19)16-14(15(10)17)12-4-2-3-5-13(12)20-16/h2-5,8,18-19H,6-7,9,17H2,1H3. The number of thiophene rings is 1. The van der Waals surface area contributed by atoms with Gasteiger partial charge in [0.15, 0.2) is 0 Å². The third-order valence-corrected chi connectivity index (χ3v) is 4.82. The van der Waals surface area contributed by atoms with Gasteiger partial charge in [0.2, 0.25) is 0 Å². The number of aliphatic hydroxyl groups excluding tert-OH is 1. The lowest BCUT2D eigenvalue weighted by Crippen LogP contribution is -2.17. The van der Waals surface area contributed by atoms with Crippen molar-refractivity contribution in [3.05, 3.63) is 41.5 Å². The van der Waals surface area contributed by atoms with E-state index in [9.17, 15) is 0 Å². The van der Waals surface area contributed by atoms with Gasteiger partial charge < -0.3 is 16.2 Å². The zero-order valence-electron chi connectivity index (χ0n) is 11.4. The number of nitrogen functional groups attached to an aromatic ring is 1. The Bertz CT molecular complexity index is 764. The second-order valence-corrected chi connectivity index (χ2v) is 6.02. The van der Waals surface area contributed by atoms with Crippen LogP contribution in [0.3, 0.4) is 0 Å². The summed E-state index contributed by atoms with van der Waals surface area (Å²) < 4.78 is 2.52. The molecule has 0 saturated heterocycles. The fourth-order valence-electron chi connectivity index (χ4n) is 2.57. The van der Waals surface area contributed by atoms with Crippen LogP contribution >= 0.6 is 11.3 Å². The first-order valence-corrected chi connectivity index (χ1v) is 7.55. The fourth-order valence-corrected chi connectivity index (χ4v) is 3.80. The van der Waals surface area contributed by atoms with Gasteiger partial charge in [-0.25, -0.2) is 0 Å². The number of aliphatic hydroxyl groups is 1. The molecule has 0 aliphatic rings. The van der Waals surface area contributed by atoms with Gasteiger partial charge in [-0.2, -0.15) is 0 Å². The summed E-state index contributed by atoms with van der Waals surface area (Å²) in [6, 6.07) is 10.5. The zero-order chi connectivity index (χ0) is 14.1. The third-order valence-electron chi connectivity index (χ3n) is 3.58. The number of hydrogen-bond acceptors (Lipinski definition) is 4. The van der Waals surface area contributed by atoms with Gasteiger partial charge in [0, 0.05) is 38.9 Å². The summed E-state index contributed by atoms with van der Waals surface area (Å²) in [5, 5.41) is 14.5. The van der Waals surface area contributed by atoms with Gasteiger partial charge in [-0.1, -0.05) is 24.3 Å². The van der Waals surface area contributed by atoms with Crippen LogP contribution in [0.15, 0.2) is 30.3 Å². The van der Waals surface area contributed by atoms with Crippen molar-refractivity contribution < 1.29 is 5.11 Å². The summed E-state index contributed by atoms with van der Waals surface area (Å²) in [7, 11) is 0. The van der Waals surface area contributed by atoms with Gasteiger partial charge in [0.1, 0.15) is 0 Å². The molecule has 104 valence electrons. The van der Waals surface area contributed by atoms with E-state index in [1.807, 2.05) is 0 Å². The maximum atomic E-state index is 8.89. The number of fused-ring (bicyclic) bond motifs is 3. The molecule has 1 heterocycles. The van der Waals surface area contributed by atoms with Crippen molar-refractivity contribution in [1.29, 1.82) is 0 Å². The molecular formula is C16H18N2OS. The van der Waals surface area contributed by atoms with E-state index in [4.69, 9.17) is 10.8 Å². The van der Waals surface area contributed by atoms with E-state index in [0.29, 0.717) is 6.54 Å². The van der Waals surface area contributed by atoms with E-state index >= 15 is 0 Å². The summed E-state index contributed by atoms with van der Waals surface area (Å²) in [5.74, 6) is 0. The summed E-state index contributed by atoms with van der Waals surface area (Å²) >= 11 is 1.79. The van der Waals surface area contributed by atoms with Crippen LogP contribution in [0.1, 0.15) is 11.1 Å². The predicted octanol–water partition coefficient (Wildman–Crippen LogP) is 3.03. The molecule has 4 N–H and O–H groups in total. The van der Waals surface area contributed by atoms with Crippen LogP contribution in [-0.4, -0.2) is 18.3 Å². The van der Waals surface area contributed by atoms with Crippen LogP contribution < -0.4 is 11.1 Å². The smallest absolute Gasteiger partial charge is 0.0556 e. The minimum Gasteiger partial charge on any atom is -0.398 e. The lowest BCUT2D eigenvalue weighted by atomic mass is 10.0. The molecule has 0 atom stereocenters. The quantitative estimate of drug-likeness (QED) is 0.510. The maximum Gasteiger partial charge on any atom is 0.0556 e. The molecule has 4 heteroatoms. The molecule has 1 aromatic heterocycles. The molecular weight excluding hydrogens is 268 g/mol. The molecule has 0 fully saturated rings. The fraction of sp³-hybridized carbons (Fsp3) is 0.250. The number of aryl methyl sites for hydroxylation is 1. The Kier molecular flexibility index (Phi) is 3.61. The minimum absolute atomic E-state index is 0.156. The second kappa shape index (κ2) is 5.40. The average molecular weight is 286 g/mol. The molecule has 3 nitrogen and oxygen atoms in total. The lowest BCUT2D eigenvalue weighted by molar-refractivity contribution is 0.292. The Hall–Kier alpha value is -1.62. The first-order chi connectivity index (χ1) is 9.72. The Morgan fingerprint density at radius 1 is 1.30 bits per heavy atom.